The topological polar surface area (TPSA) is 98.0 Å². The number of nitrogens with one attached hydrogen (secondary N) is 1. The molecule has 1 aliphatic rings. The maximum atomic E-state index is 11.8. The Balaban J connectivity index is 1.90. The summed E-state index contributed by atoms with van der Waals surface area (Å²) < 4.78 is 0. The van der Waals surface area contributed by atoms with Crippen LogP contribution in [-0.2, 0) is 17.6 Å². The van der Waals surface area contributed by atoms with Crippen molar-refractivity contribution in [1.82, 2.24) is 15.3 Å². The third kappa shape index (κ3) is 2.73. The Morgan fingerprint density at radius 3 is 3.00 bits per heavy atom. The lowest BCUT2D eigenvalue weighted by molar-refractivity contribution is -0.119. The molecule has 2 aromatic heterocycles. The number of carbonyl (C=O) groups excluding carboxylic acids is 2. The first-order valence-electron chi connectivity index (χ1n) is 6.58. The van der Waals surface area contributed by atoms with E-state index >= 15 is 0 Å². The minimum Gasteiger partial charge on any atom is -0.351 e. The van der Waals surface area contributed by atoms with Crippen LogP contribution >= 0.6 is 23.1 Å². The number of thiophene rings is 1. The van der Waals surface area contributed by atoms with Crippen LogP contribution in [0.3, 0.4) is 0 Å². The summed E-state index contributed by atoms with van der Waals surface area (Å²) in [5.74, 6) is -0.411. The summed E-state index contributed by atoms with van der Waals surface area (Å²) in [5, 5.41) is 3.51. The van der Waals surface area contributed by atoms with E-state index in [1.165, 1.54) is 28.5 Å². The van der Waals surface area contributed by atoms with Crippen LogP contribution in [0, 0.1) is 0 Å². The maximum Gasteiger partial charge on any atom is 0.318 e. The lowest BCUT2D eigenvalue weighted by atomic mass is 10.2. The minimum absolute atomic E-state index is 0.411. The SMILES string of the molecule is C[C@H](Sc1ncnc2sc3c(c12)CCC3)C(=O)NC(N)=O. The molecular formula is C13H14N4O2S2. The molecule has 0 bridgehead atoms. The number of nitrogens with two attached hydrogens (primary N) is 1. The molecule has 3 amide bonds. The van der Waals surface area contributed by atoms with E-state index in [2.05, 4.69) is 15.3 Å². The fraction of sp³-hybridized carbons (Fsp3) is 0.385. The smallest absolute Gasteiger partial charge is 0.318 e. The average Bonchev–Trinajstić information content (AvgIpc) is 2.98. The summed E-state index contributed by atoms with van der Waals surface area (Å²) >= 11 is 3.04. The number of urea groups is 1. The normalized spacial score (nSPS) is 14.9. The number of hydrogen-bond donors (Lipinski definition) is 2. The highest BCUT2D eigenvalue weighted by Gasteiger charge is 2.24. The second-order valence-electron chi connectivity index (χ2n) is 4.83. The molecule has 0 spiro atoms. The van der Waals surface area contributed by atoms with Crippen molar-refractivity contribution >= 4 is 45.3 Å². The highest BCUT2D eigenvalue weighted by Crippen LogP contribution is 2.40. The number of thioether (sulfide) groups is 1. The number of amides is 3. The summed E-state index contributed by atoms with van der Waals surface area (Å²) in [7, 11) is 0. The molecule has 0 radical (unpaired) electrons. The Morgan fingerprint density at radius 2 is 2.24 bits per heavy atom. The second kappa shape index (κ2) is 5.61. The molecule has 21 heavy (non-hydrogen) atoms. The molecule has 2 heterocycles. The van der Waals surface area contributed by atoms with Gasteiger partial charge in [-0.15, -0.1) is 11.3 Å². The lowest BCUT2D eigenvalue weighted by Crippen LogP contribution is -2.39. The molecule has 0 saturated carbocycles. The zero-order valence-electron chi connectivity index (χ0n) is 11.4. The third-order valence-corrected chi connectivity index (χ3v) is 5.67. The van der Waals surface area contributed by atoms with Crippen molar-refractivity contribution in [3.8, 4) is 0 Å². The molecule has 110 valence electrons. The largest absolute Gasteiger partial charge is 0.351 e. The number of imide groups is 1. The summed E-state index contributed by atoms with van der Waals surface area (Å²) in [5.41, 5.74) is 6.29. The van der Waals surface area contributed by atoms with E-state index in [1.54, 1.807) is 18.3 Å². The van der Waals surface area contributed by atoms with Gasteiger partial charge in [0.05, 0.1) is 5.25 Å². The van der Waals surface area contributed by atoms with E-state index in [1.807, 2.05) is 0 Å². The predicted octanol–water partition coefficient (Wildman–Crippen LogP) is 1.86. The Kier molecular flexibility index (Phi) is 3.81. The highest BCUT2D eigenvalue weighted by atomic mass is 32.2. The molecule has 0 fully saturated rings. The Bertz CT molecular complexity index is 728. The molecule has 6 nitrogen and oxygen atoms in total. The zero-order valence-corrected chi connectivity index (χ0v) is 13.0. The van der Waals surface area contributed by atoms with Gasteiger partial charge >= 0.3 is 6.03 Å². The quantitative estimate of drug-likeness (QED) is 0.664. The summed E-state index contributed by atoms with van der Waals surface area (Å²) in [4.78, 5) is 33.5. The Morgan fingerprint density at radius 1 is 1.43 bits per heavy atom. The third-order valence-electron chi connectivity index (χ3n) is 3.37. The lowest BCUT2D eigenvalue weighted by Gasteiger charge is -2.10. The molecule has 1 aliphatic carbocycles. The Labute approximate surface area is 129 Å². The molecule has 0 saturated heterocycles. The number of aromatic nitrogens is 2. The average molecular weight is 322 g/mol. The second-order valence-corrected chi connectivity index (χ2v) is 7.24. The molecule has 0 unspecified atom stereocenters. The van der Waals surface area contributed by atoms with E-state index in [0.717, 1.165) is 34.5 Å². The van der Waals surface area contributed by atoms with Crippen molar-refractivity contribution in [1.29, 1.82) is 0 Å². The van der Waals surface area contributed by atoms with Crippen LogP contribution < -0.4 is 11.1 Å². The van der Waals surface area contributed by atoms with Crippen LogP contribution in [0.1, 0.15) is 23.8 Å². The van der Waals surface area contributed by atoms with Crippen molar-refractivity contribution in [2.45, 2.75) is 36.5 Å². The number of primary amides is 1. The van der Waals surface area contributed by atoms with E-state index in [9.17, 15) is 9.59 Å². The Hall–Kier alpha value is -1.67. The summed E-state index contributed by atoms with van der Waals surface area (Å²) in [6, 6.07) is -0.836. The van der Waals surface area contributed by atoms with Gasteiger partial charge in [-0.1, -0.05) is 11.8 Å². The zero-order chi connectivity index (χ0) is 15.0. The number of rotatable bonds is 3. The molecule has 0 aliphatic heterocycles. The van der Waals surface area contributed by atoms with Gasteiger partial charge in [0.25, 0.3) is 0 Å². The van der Waals surface area contributed by atoms with Gasteiger partial charge in [0.1, 0.15) is 16.2 Å². The van der Waals surface area contributed by atoms with E-state index in [0.29, 0.717) is 0 Å². The summed E-state index contributed by atoms with van der Waals surface area (Å²) in [6.45, 7) is 1.73. The van der Waals surface area contributed by atoms with Gasteiger partial charge in [-0.05, 0) is 31.7 Å². The van der Waals surface area contributed by atoms with Gasteiger partial charge in [0.2, 0.25) is 5.91 Å². The number of nitrogens with zero attached hydrogens (tertiary/aromatic N) is 2. The van der Waals surface area contributed by atoms with Gasteiger partial charge in [-0.3, -0.25) is 10.1 Å². The first-order chi connectivity index (χ1) is 10.1. The summed E-state index contributed by atoms with van der Waals surface area (Å²) in [6.07, 6.45) is 4.82. The van der Waals surface area contributed by atoms with Crippen LogP contribution in [0.25, 0.3) is 10.2 Å². The standard InChI is InChI=1S/C13H14N4O2S2/c1-6(10(18)17-13(14)19)20-11-9-7-3-2-4-8(7)21-12(9)16-5-15-11/h5-6H,2-4H2,1H3,(H3,14,17,18,19)/t6-/m0/s1. The molecule has 1 atom stereocenters. The van der Waals surface area contributed by atoms with Gasteiger partial charge in [-0.25, -0.2) is 14.8 Å². The van der Waals surface area contributed by atoms with Gasteiger partial charge in [0.15, 0.2) is 0 Å². The van der Waals surface area contributed by atoms with Gasteiger partial charge < -0.3 is 5.73 Å². The fourth-order valence-electron chi connectivity index (χ4n) is 2.43. The molecule has 8 heteroatoms. The number of aryl methyl sites for hydroxylation is 2. The van der Waals surface area contributed by atoms with Crippen molar-refractivity contribution in [3.63, 3.8) is 0 Å². The van der Waals surface area contributed by atoms with E-state index in [-0.39, 0.29) is 0 Å². The molecule has 0 aromatic carbocycles. The molecule has 2 aromatic rings. The first-order valence-corrected chi connectivity index (χ1v) is 8.28. The van der Waals surface area contributed by atoms with Crippen molar-refractivity contribution in [2.75, 3.05) is 0 Å². The van der Waals surface area contributed by atoms with Gasteiger partial charge in [0, 0.05) is 10.3 Å². The first kappa shape index (κ1) is 14.3. The van der Waals surface area contributed by atoms with Crippen molar-refractivity contribution < 1.29 is 9.59 Å². The minimum atomic E-state index is -0.836. The predicted molar refractivity (Wildman–Crippen MR) is 82.5 cm³/mol. The maximum absolute atomic E-state index is 11.8. The van der Waals surface area contributed by atoms with Crippen molar-refractivity contribution in [3.05, 3.63) is 16.8 Å². The molecule has 3 rings (SSSR count). The number of carbonyl (C=O) groups is 2. The van der Waals surface area contributed by atoms with Crippen LogP contribution in [0.5, 0.6) is 0 Å². The van der Waals surface area contributed by atoms with Crippen LogP contribution in [-0.4, -0.2) is 27.2 Å². The number of hydrogen-bond acceptors (Lipinski definition) is 6. The fourth-order valence-corrected chi connectivity index (χ4v) is 4.67. The number of fused-ring (bicyclic) bond motifs is 3. The van der Waals surface area contributed by atoms with Crippen molar-refractivity contribution in [2.24, 2.45) is 5.73 Å². The van der Waals surface area contributed by atoms with Crippen LogP contribution in [0.15, 0.2) is 11.4 Å². The van der Waals surface area contributed by atoms with E-state index < -0.39 is 17.2 Å². The van der Waals surface area contributed by atoms with Gasteiger partial charge in [-0.2, -0.15) is 0 Å². The van der Waals surface area contributed by atoms with Crippen LogP contribution in [0.2, 0.25) is 0 Å². The monoisotopic (exact) mass is 322 g/mol. The molecular weight excluding hydrogens is 308 g/mol. The van der Waals surface area contributed by atoms with E-state index in [4.69, 9.17) is 5.73 Å². The highest BCUT2D eigenvalue weighted by molar-refractivity contribution is 8.00. The molecule has 3 N–H and O–H groups in total. The van der Waals surface area contributed by atoms with Crippen LogP contribution in [0.4, 0.5) is 4.79 Å².